The summed E-state index contributed by atoms with van der Waals surface area (Å²) in [5, 5.41) is 54.7. The second-order valence-electron chi connectivity index (χ2n) is 29.9. The van der Waals surface area contributed by atoms with Gasteiger partial charge < -0.3 is 45.1 Å². The van der Waals surface area contributed by atoms with Gasteiger partial charge in [0.05, 0.1) is 32.0 Å². The summed E-state index contributed by atoms with van der Waals surface area (Å²) in [6, 6.07) is -0.806. The smallest absolute Gasteiger partial charge is 0.305 e. The van der Waals surface area contributed by atoms with Gasteiger partial charge in [-0.05, 0) is 64.2 Å². The molecule has 1 fully saturated rings. The van der Waals surface area contributed by atoms with E-state index in [4.69, 9.17) is 14.2 Å². The number of hydrogen-bond donors (Lipinski definition) is 6. The van der Waals surface area contributed by atoms with E-state index in [0.717, 1.165) is 64.2 Å². The number of aliphatic hydroxyl groups is 5. The fourth-order valence-corrected chi connectivity index (χ4v) is 13.8. The number of unbranched alkanes of at least 4 members (excludes halogenated alkanes) is 59. The Morgan fingerprint density at radius 3 is 1.06 bits per heavy atom. The molecule has 0 bridgehead atoms. The SMILES string of the molecule is CCCCC/C=C\C/C=C\CCCCCCCC(=O)OCCCCCCCCCCCCCCCCCCCCCCCCCCCCCCCCCCCCCCCCCC(=O)NC(COC1OC(CO)C(O)C(O)C1O)C(O)/C=C/CCCCCCCCCCCCCCC. The molecule has 11 nitrogen and oxygen atoms in total. The van der Waals surface area contributed by atoms with Gasteiger partial charge >= 0.3 is 5.97 Å². The van der Waals surface area contributed by atoms with Crippen LogP contribution in [0, 0.1) is 0 Å². The van der Waals surface area contributed by atoms with Crippen molar-refractivity contribution in [2.45, 2.75) is 480 Å². The van der Waals surface area contributed by atoms with Gasteiger partial charge in [-0.1, -0.05) is 397 Å². The fraction of sp³-hybridized carbons (Fsp3) is 0.907. The molecule has 1 heterocycles. The van der Waals surface area contributed by atoms with Crippen molar-refractivity contribution in [2.75, 3.05) is 19.8 Å². The topological polar surface area (TPSA) is 175 Å². The summed E-state index contributed by atoms with van der Waals surface area (Å²) in [5.74, 6) is -0.167. The zero-order valence-electron chi connectivity index (χ0n) is 64.1. The van der Waals surface area contributed by atoms with E-state index in [1.807, 2.05) is 6.08 Å². The van der Waals surface area contributed by atoms with Crippen LogP contribution in [0.2, 0.25) is 0 Å². The van der Waals surface area contributed by atoms with Gasteiger partial charge in [0.2, 0.25) is 5.91 Å². The highest BCUT2D eigenvalue weighted by Gasteiger charge is 2.44. The number of hydrogen-bond acceptors (Lipinski definition) is 10. The lowest BCUT2D eigenvalue weighted by Crippen LogP contribution is -2.60. The van der Waals surface area contributed by atoms with E-state index < -0.39 is 49.5 Å². The van der Waals surface area contributed by atoms with Crippen LogP contribution < -0.4 is 5.32 Å². The minimum Gasteiger partial charge on any atom is -0.466 e. The number of rotatable bonds is 77. The van der Waals surface area contributed by atoms with Crippen molar-refractivity contribution < 1.29 is 49.3 Å². The standard InChI is InChI=1S/C86H163NO10/c1-3-5-7-9-11-13-15-17-44-48-52-56-60-64-68-72-79(89)78(77-96-86-85(94)84(93)83(92)80(76-88)97-86)87-81(90)73-69-65-61-57-53-49-46-42-40-38-36-34-32-30-28-26-24-22-20-19-21-23-25-27-29-31-33-35-37-39-41-43-47-51-55-59-63-67-71-75-95-82(91)74-70-66-62-58-54-50-45-18-16-14-12-10-8-6-4-2/h12,14,18,45,68,72,78-80,83-86,88-89,92-94H,3-11,13,15-17,19-44,46-67,69-71,73-77H2,1-2H3,(H,87,90)/b14-12-,45-18-,72-68+. The summed E-state index contributed by atoms with van der Waals surface area (Å²) in [6.45, 7) is 4.38. The molecular weight excluding hydrogens is 1210 g/mol. The number of amides is 1. The molecule has 1 aliphatic rings. The first-order chi connectivity index (χ1) is 47.7. The van der Waals surface area contributed by atoms with Gasteiger partial charge in [0.15, 0.2) is 6.29 Å². The first-order valence-corrected chi connectivity index (χ1v) is 42.8. The first-order valence-electron chi connectivity index (χ1n) is 42.8. The molecule has 0 aromatic rings. The molecule has 97 heavy (non-hydrogen) atoms. The van der Waals surface area contributed by atoms with Gasteiger partial charge in [-0.25, -0.2) is 0 Å². The highest BCUT2D eigenvalue weighted by atomic mass is 16.7. The normalized spacial score (nSPS) is 17.4. The van der Waals surface area contributed by atoms with Crippen LogP contribution in [0.5, 0.6) is 0 Å². The Hall–Kier alpha value is -2.12. The van der Waals surface area contributed by atoms with E-state index in [0.29, 0.717) is 19.4 Å². The lowest BCUT2D eigenvalue weighted by atomic mass is 9.99. The molecule has 0 radical (unpaired) electrons. The Balaban J connectivity index is 1.88. The lowest BCUT2D eigenvalue weighted by Gasteiger charge is -2.40. The van der Waals surface area contributed by atoms with Crippen LogP contribution >= 0.6 is 0 Å². The maximum atomic E-state index is 13.1. The third-order valence-corrected chi connectivity index (χ3v) is 20.5. The maximum Gasteiger partial charge on any atom is 0.305 e. The highest BCUT2D eigenvalue weighted by Crippen LogP contribution is 2.24. The number of carbonyl (C=O) groups excluding carboxylic acids is 2. The summed E-state index contributed by atoms with van der Waals surface area (Å²) in [6.07, 6.45) is 89.1. The molecule has 572 valence electrons. The summed E-state index contributed by atoms with van der Waals surface area (Å²) < 4.78 is 16.8. The molecule has 1 amide bonds. The minimum atomic E-state index is -1.57. The van der Waals surface area contributed by atoms with Gasteiger partial charge in [-0.3, -0.25) is 9.59 Å². The molecule has 7 atom stereocenters. The van der Waals surface area contributed by atoms with Gasteiger partial charge in [0.1, 0.15) is 24.4 Å². The van der Waals surface area contributed by atoms with Crippen molar-refractivity contribution in [1.29, 1.82) is 0 Å². The zero-order chi connectivity index (χ0) is 70.1. The summed E-state index contributed by atoms with van der Waals surface area (Å²) in [4.78, 5) is 25.2. The molecule has 0 spiro atoms. The third-order valence-electron chi connectivity index (χ3n) is 20.5. The first kappa shape index (κ1) is 92.9. The number of nitrogens with one attached hydrogen (secondary N) is 1. The second kappa shape index (κ2) is 75.1. The van der Waals surface area contributed by atoms with Crippen molar-refractivity contribution in [2.24, 2.45) is 0 Å². The minimum absolute atomic E-state index is 0.00499. The Kier molecular flexibility index (Phi) is 71.9. The Labute approximate surface area is 600 Å². The predicted octanol–water partition coefficient (Wildman–Crippen LogP) is 23.6. The van der Waals surface area contributed by atoms with Crippen molar-refractivity contribution in [1.82, 2.24) is 5.32 Å². The summed E-state index contributed by atoms with van der Waals surface area (Å²) in [5.41, 5.74) is 0. The lowest BCUT2D eigenvalue weighted by molar-refractivity contribution is -0.302. The Morgan fingerprint density at radius 2 is 0.691 bits per heavy atom. The van der Waals surface area contributed by atoms with E-state index in [-0.39, 0.29) is 18.5 Å². The molecular formula is C86H163NO10. The van der Waals surface area contributed by atoms with Gasteiger partial charge in [-0.15, -0.1) is 0 Å². The van der Waals surface area contributed by atoms with Crippen LogP contribution in [-0.2, 0) is 23.8 Å². The van der Waals surface area contributed by atoms with Gasteiger partial charge in [0, 0.05) is 12.8 Å². The van der Waals surface area contributed by atoms with Crippen LogP contribution in [0.15, 0.2) is 36.5 Å². The van der Waals surface area contributed by atoms with Crippen LogP contribution in [0.3, 0.4) is 0 Å². The fourth-order valence-electron chi connectivity index (χ4n) is 13.8. The van der Waals surface area contributed by atoms with E-state index in [2.05, 4.69) is 43.5 Å². The molecule has 0 aliphatic carbocycles. The van der Waals surface area contributed by atoms with Gasteiger partial charge in [0.25, 0.3) is 0 Å². The zero-order valence-corrected chi connectivity index (χ0v) is 64.1. The third kappa shape index (κ3) is 63.3. The molecule has 0 aromatic carbocycles. The van der Waals surface area contributed by atoms with Crippen molar-refractivity contribution in [3.8, 4) is 0 Å². The van der Waals surface area contributed by atoms with E-state index in [1.165, 1.54) is 347 Å². The predicted molar refractivity (Wildman–Crippen MR) is 412 cm³/mol. The van der Waals surface area contributed by atoms with Crippen LogP contribution in [0.1, 0.15) is 438 Å². The number of ether oxygens (including phenoxy) is 3. The molecule has 1 aliphatic heterocycles. The second-order valence-corrected chi connectivity index (χ2v) is 29.9. The van der Waals surface area contributed by atoms with Crippen molar-refractivity contribution >= 4 is 11.9 Å². The van der Waals surface area contributed by atoms with E-state index in [1.54, 1.807) is 6.08 Å². The van der Waals surface area contributed by atoms with Crippen LogP contribution in [-0.4, -0.2) is 100 Å². The summed E-state index contributed by atoms with van der Waals surface area (Å²) >= 11 is 0. The number of allylic oxidation sites excluding steroid dienone is 5. The molecule has 1 rings (SSSR count). The number of esters is 1. The molecule has 11 heteroatoms. The van der Waals surface area contributed by atoms with Crippen molar-refractivity contribution in [3.63, 3.8) is 0 Å². The molecule has 1 saturated heterocycles. The average Bonchev–Trinajstić information content (AvgIpc) is 1.20. The van der Waals surface area contributed by atoms with E-state index >= 15 is 0 Å². The molecule has 7 unspecified atom stereocenters. The number of aliphatic hydroxyl groups excluding tert-OH is 5. The molecule has 0 aromatic heterocycles. The highest BCUT2D eigenvalue weighted by molar-refractivity contribution is 5.76. The average molecular weight is 1370 g/mol. The number of carbonyl (C=O) groups is 2. The molecule has 0 saturated carbocycles. The van der Waals surface area contributed by atoms with Crippen molar-refractivity contribution in [3.05, 3.63) is 36.5 Å². The van der Waals surface area contributed by atoms with Gasteiger partial charge in [-0.2, -0.15) is 0 Å². The van der Waals surface area contributed by atoms with E-state index in [9.17, 15) is 35.1 Å². The Bertz CT molecular complexity index is 1710. The maximum absolute atomic E-state index is 13.1. The molecule has 6 N–H and O–H groups in total. The largest absolute Gasteiger partial charge is 0.466 e. The monoisotopic (exact) mass is 1370 g/mol. The Morgan fingerprint density at radius 1 is 0.381 bits per heavy atom. The quantitative estimate of drug-likeness (QED) is 0.0195. The van der Waals surface area contributed by atoms with Crippen LogP contribution in [0.4, 0.5) is 0 Å². The summed E-state index contributed by atoms with van der Waals surface area (Å²) in [7, 11) is 0. The van der Waals surface area contributed by atoms with Crippen LogP contribution in [0.25, 0.3) is 0 Å².